The van der Waals surface area contributed by atoms with Gasteiger partial charge in [-0.2, -0.15) is 0 Å². The van der Waals surface area contributed by atoms with Gasteiger partial charge >= 0.3 is 0 Å². The molecule has 1 atom stereocenters. The van der Waals surface area contributed by atoms with E-state index in [2.05, 4.69) is 48.0 Å². The number of carbonyl (C=O) groups is 2. The summed E-state index contributed by atoms with van der Waals surface area (Å²) in [5.74, 6) is 0.519. The topological polar surface area (TPSA) is 54.8 Å². The van der Waals surface area contributed by atoms with Crippen LogP contribution in [0.3, 0.4) is 0 Å². The number of carbonyl (C=O) groups excluding carboxylic acids is 2. The fraction of sp³-hybridized carbons (Fsp3) is 0.333. The van der Waals surface area contributed by atoms with Gasteiger partial charge in [0.15, 0.2) is 0 Å². The third kappa shape index (κ3) is 4.80. The quantitative estimate of drug-likeness (QED) is 0.545. The van der Waals surface area contributed by atoms with E-state index in [9.17, 15) is 9.59 Å². The van der Waals surface area contributed by atoms with E-state index in [4.69, 9.17) is 4.74 Å². The molecule has 3 aromatic rings. The van der Waals surface area contributed by atoms with Crippen molar-refractivity contribution in [1.29, 1.82) is 0 Å². The molecule has 0 fully saturated rings. The summed E-state index contributed by atoms with van der Waals surface area (Å²) in [7, 11) is 1.60. The number of nitrogens with zero attached hydrogens (tertiary/aromatic N) is 3. The van der Waals surface area contributed by atoms with Gasteiger partial charge in [0.2, 0.25) is 5.91 Å². The van der Waals surface area contributed by atoms with Gasteiger partial charge < -0.3 is 19.1 Å². The SMILES string of the molecule is CCCN(CC(=O)N1CCn2cccc2[C@H]1c1ccc(C)cc1)C(=O)c1ccc(OC)cc1. The van der Waals surface area contributed by atoms with E-state index in [0.29, 0.717) is 24.4 Å². The fourth-order valence-electron chi connectivity index (χ4n) is 4.44. The number of amides is 2. The monoisotopic (exact) mass is 445 g/mol. The second-order valence-electron chi connectivity index (χ2n) is 8.48. The largest absolute Gasteiger partial charge is 0.497 e. The van der Waals surface area contributed by atoms with E-state index in [1.165, 1.54) is 5.56 Å². The van der Waals surface area contributed by atoms with E-state index < -0.39 is 0 Å². The minimum absolute atomic E-state index is 0.0386. The maximum atomic E-state index is 13.6. The highest BCUT2D eigenvalue weighted by Crippen LogP contribution is 2.32. The van der Waals surface area contributed by atoms with Crippen molar-refractivity contribution in [3.63, 3.8) is 0 Å². The third-order valence-electron chi connectivity index (χ3n) is 6.20. The summed E-state index contributed by atoms with van der Waals surface area (Å²) in [6.07, 6.45) is 2.84. The van der Waals surface area contributed by atoms with Crippen molar-refractivity contribution in [2.45, 2.75) is 32.9 Å². The second kappa shape index (κ2) is 9.94. The molecule has 1 aromatic heterocycles. The van der Waals surface area contributed by atoms with Crippen molar-refractivity contribution in [2.24, 2.45) is 0 Å². The van der Waals surface area contributed by atoms with Crippen LogP contribution in [0.5, 0.6) is 5.75 Å². The zero-order valence-corrected chi connectivity index (χ0v) is 19.5. The van der Waals surface area contributed by atoms with Crippen LogP contribution in [0.1, 0.15) is 46.6 Å². The Hall–Kier alpha value is -3.54. The number of fused-ring (bicyclic) bond motifs is 1. The molecule has 33 heavy (non-hydrogen) atoms. The van der Waals surface area contributed by atoms with E-state index in [1.807, 2.05) is 17.9 Å². The zero-order chi connectivity index (χ0) is 23.4. The van der Waals surface area contributed by atoms with E-state index in [1.54, 1.807) is 36.3 Å². The van der Waals surface area contributed by atoms with Gasteiger partial charge in [0.05, 0.1) is 13.2 Å². The second-order valence-corrected chi connectivity index (χ2v) is 8.48. The molecule has 2 amide bonds. The number of hydrogen-bond acceptors (Lipinski definition) is 3. The first kappa shape index (κ1) is 22.6. The van der Waals surface area contributed by atoms with Gasteiger partial charge in [-0.3, -0.25) is 9.59 Å². The van der Waals surface area contributed by atoms with Crippen LogP contribution in [0.15, 0.2) is 66.9 Å². The highest BCUT2D eigenvalue weighted by atomic mass is 16.5. The molecule has 172 valence electrons. The molecule has 1 aliphatic rings. The summed E-state index contributed by atoms with van der Waals surface area (Å²) in [5.41, 5.74) is 3.92. The Morgan fingerprint density at radius 1 is 1.03 bits per heavy atom. The molecule has 0 N–H and O–H groups in total. The van der Waals surface area contributed by atoms with E-state index >= 15 is 0 Å². The predicted molar refractivity (Wildman–Crippen MR) is 128 cm³/mol. The number of rotatable bonds is 7. The summed E-state index contributed by atoms with van der Waals surface area (Å²) in [4.78, 5) is 30.4. The van der Waals surface area contributed by atoms with Crippen LogP contribution >= 0.6 is 0 Å². The highest BCUT2D eigenvalue weighted by Gasteiger charge is 2.33. The number of methoxy groups -OCH3 is 1. The molecule has 6 nitrogen and oxygen atoms in total. The molecule has 6 heteroatoms. The van der Waals surface area contributed by atoms with Crippen molar-refractivity contribution < 1.29 is 14.3 Å². The molecule has 0 aliphatic carbocycles. The number of aryl methyl sites for hydroxylation is 1. The molecule has 0 bridgehead atoms. The first-order valence-electron chi connectivity index (χ1n) is 11.5. The van der Waals surface area contributed by atoms with Crippen LogP contribution in [0.2, 0.25) is 0 Å². The van der Waals surface area contributed by atoms with E-state index in [0.717, 1.165) is 24.2 Å². The first-order chi connectivity index (χ1) is 16.0. The van der Waals surface area contributed by atoms with Crippen LogP contribution in [0.25, 0.3) is 0 Å². The Kier molecular flexibility index (Phi) is 6.82. The molecule has 2 aromatic carbocycles. The number of aromatic nitrogens is 1. The molecule has 0 radical (unpaired) electrons. The minimum atomic E-state index is -0.165. The summed E-state index contributed by atoms with van der Waals surface area (Å²) >= 11 is 0. The highest BCUT2D eigenvalue weighted by molar-refractivity contribution is 5.96. The Morgan fingerprint density at radius 3 is 2.42 bits per heavy atom. The summed E-state index contributed by atoms with van der Waals surface area (Å²) in [5, 5.41) is 0. The predicted octanol–water partition coefficient (Wildman–Crippen LogP) is 4.29. The number of ether oxygens (including phenoxy) is 1. The van der Waals surface area contributed by atoms with Gasteiger partial charge in [-0.1, -0.05) is 36.8 Å². The van der Waals surface area contributed by atoms with Crippen molar-refractivity contribution in [1.82, 2.24) is 14.4 Å². The molecule has 2 heterocycles. The van der Waals surface area contributed by atoms with Gasteiger partial charge in [-0.25, -0.2) is 0 Å². The van der Waals surface area contributed by atoms with Crippen LogP contribution < -0.4 is 4.74 Å². The van der Waals surface area contributed by atoms with Gasteiger partial charge in [-0.05, 0) is 55.3 Å². The summed E-state index contributed by atoms with van der Waals surface area (Å²) in [6.45, 7) is 6.01. The van der Waals surface area contributed by atoms with Crippen LogP contribution in [-0.4, -0.2) is 52.9 Å². The Bertz CT molecular complexity index is 1100. The average Bonchev–Trinajstić information content (AvgIpc) is 3.32. The Labute approximate surface area is 195 Å². The average molecular weight is 446 g/mol. The van der Waals surface area contributed by atoms with Crippen molar-refractivity contribution in [3.8, 4) is 5.75 Å². The van der Waals surface area contributed by atoms with Gasteiger partial charge in [-0.15, -0.1) is 0 Å². The standard InChI is InChI=1S/C27H31N3O3/c1-4-15-29(27(32)22-11-13-23(33-3)14-12-22)19-25(31)30-18-17-28-16-5-6-24(28)26(30)21-9-7-20(2)8-10-21/h5-14,16,26H,4,15,17-19H2,1-3H3/t26-/m1/s1. The first-order valence-corrected chi connectivity index (χ1v) is 11.5. The van der Waals surface area contributed by atoms with Gasteiger partial charge in [0.1, 0.15) is 12.3 Å². The molecule has 1 aliphatic heterocycles. The lowest BCUT2D eigenvalue weighted by atomic mass is 9.98. The lowest BCUT2D eigenvalue weighted by molar-refractivity contribution is -0.134. The van der Waals surface area contributed by atoms with Crippen molar-refractivity contribution >= 4 is 11.8 Å². The molecule has 0 saturated carbocycles. The van der Waals surface area contributed by atoms with Gasteiger partial charge in [0.25, 0.3) is 5.91 Å². The summed E-state index contributed by atoms with van der Waals surface area (Å²) < 4.78 is 7.41. The molecular weight excluding hydrogens is 414 g/mol. The van der Waals surface area contributed by atoms with Crippen molar-refractivity contribution in [2.75, 3.05) is 26.7 Å². The molecule has 0 saturated heterocycles. The van der Waals surface area contributed by atoms with Crippen LogP contribution in [0.4, 0.5) is 0 Å². The normalized spacial score (nSPS) is 15.1. The lowest BCUT2D eigenvalue weighted by Crippen LogP contribution is -2.48. The Balaban J connectivity index is 1.58. The fourth-order valence-corrected chi connectivity index (χ4v) is 4.44. The number of benzene rings is 2. The third-order valence-corrected chi connectivity index (χ3v) is 6.20. The molecule has 0 spiro atoms. The van der Waals surface area contributed by atoms with Crippen LogP contribution in [0, 0.1) is 6.92 Å². The smallest absolute Gasteiger partial charge is 0.254 e. The maximum absolute atomic E-state index is 13.6. The molecule has 0 unspecified atom stereocenters. The van der Waals surface area contributed by atoms with Crippen LogP contribution in [-0.2, 0) is 11.3 Å². The zero-order valence-electron chi connectivity index (χ0n) is 19.5. The maximum Gasteiger partial charge on any atom is 0.254 e. The number of hydrogen-bond donors (Lipinski definition) is 0. The van der Waals surface area contributed by atoms with E-state index in [-0.39, 0.29) is 24.4 Å². The minimum Gasteiger partial charge on any atom is -0.497 e. The molecular formula is C27H31N3O3. The lowest BCUT2D eigenvalue weighted by Gasteiger charge is -2.38. The summed E-state index contributed by atoms with van der Waals surface area (Å²) in [6, 6.07) is 19.3. The Morgan fingerprint density at radius 2 is 1.76 bits per heavy atom. The molecule has 4 rings (SSSR count). The van der Waals surface area contributed by atoms with Gasteiger partial charge in [0, 0.05) is 37.1 Å². The van der Waals surface area contributed by atoms with Crippen molar-refractivity contribution in [3.05, 3.63) is 89.2 Å².